The van der Waals surface area contributed by atoms with Crippen LogP contribution in [0.15, 0.2) is 6.07 Å². The third kappa shape index (κ3) is 6.58. The van der Waals surface area contributed by atoms with Gasteiger partial charge in [-0.1, -0.05) is 18.5 Å². The normalized spacial score (nSPS) is 12.3. The van der Waals surface area contributed by atoms with Crippen molar-refractivity contribution in [3.63, 3.8) is 0 Å². The maximum atomic E-state index is 11.9. The summed E-state index contributed by atoms with van der Waals surface area (Å²) < 4.78 is 6.41. The van der Waals surface area contributed by atoms with Crippen molar-refractivity contribution in [2.75, 3.05) is 13.2 Å². The number of ether oxygens (including phenoxy) is 1. The number of rotatable bonds is 7. The van der Waals surface area contributed by atoms with E-state index in [1.54, 1.807) is 27.0 Å². The van der Waals surface area contributed by atoms with E-state index >= 15 is 0 Å². The number of nitro groups is 1. The van der Waals surface area contributed by atoms with Crippen LogP contribution in [0.25, 0.3) is 0 Å². The molecule has 9 nitrogen and oxygen atoms in total. The number of carbonyl (C=O) groups excluding carboxylic acids is 3. The molecule has 0 spiro atoms. The van der Waals surface area contributed by atoms with Gasteiger partial charge in [0.1, 0.15) is 5.15 Å². The second kappa shape index (κ2) is 10.5. The maximum Gasteiger partial charge on any atom is 0.373 e. The summed E-state index contributed by atoms with van der Waals surface area (Å²) in [5.74, 6) is -1.69. The second-order valence-electron chi connectivity index (χ2n) is 4.49. The predicted octanol–water partition coefficient (Wildman–Crippen LogP) is 1.44. The molecule has 0 aliphatic rings. The minimum Gasteiger partial charge on any atom is -0.466 e. The highest BCUT2D eigenvalue weighted by Gasteiger charge is 2.35. The van der Waals surface area contributed by atoms with Crippen molar-refractivity contribution in [1.29, 1.82) is 0 Å². The first-order chi connectivity index (χ1) is 10.8. The van der Waals surface area contributed by atoms with Gasteiger partial charge in [0.05, 0.1) is 24.1 Å². The number of carbonyl (C=O) groups is 1. The number of hydrogen-bond acceptors (Lipinski definition) is 7. The van der Waals surface area contributed by atoms with E-state index in [1.165, 1.54) is 4.68 Å². The average Bonchev–Trinajstić information content (AvgIpc) is 2.79. The molecule has 0 bridgehead atoms. The summed E-state index contributed by atoms with van der Waals surface area (Å²) >= 11 is 5.91. The van der Waals surface area contributed by atoms with E-state index < -0.39 is 22.7 Å². The number of aromatic nitrogens is 2. The van der Waals surface area contributed by atoms with Gasteiger partial charge in [0, 0.05) is 12.0 Å². The molecule has 0 aliphatic carbocycles. The zero-order valence-corrected chi connectivity index (χ0v) is 13.8. The van der Waals surface area contributed by atoms with E-state index in [0.29, 0.717) is 17.3 Å². The smallest absolute Gasteiger partial charge is 0.373 e. The van der Waals surface area contributed by atoms with Crippen molar-refractivity contribution in [3.05, 3.63) is 27.0 Å². The van der Waals surface area contributed by atoms with Crippen molar-refractivity contribution in [3.8, 4) is 0 Å². The zero-order valence-electron chi connectivity index (χ0n) is 13.0. The lowest BCUT2D eigenvalue weighted by Crippen LogP contribution is -2.29. The second-order valence-corrected chi connectivity index (χ2v) is 4.87. The zero-order chi connectivity index (χ0) is 18.0. The molecule has 23 heavy (non-hydrogen) atoms. The monoisotopic (exact) mass is 347 g/mol. The Hall–Kier alpha value is -2.25. The van der Waals surface area contributed by atoms with Crippen LogP contribution in [0.4, 0.5) is 0 Å². The number of halogens is 1. The Labute approximate surface area is 137 Å². The predicted molar refractivity (Wildman–Crippen MR) is 78.2 cm³/mol. The lowest BCUT2D eigenvalue weighted by molar-refractivity contribution is -0.484. The fraction of sp³-hybridized carbons (Fsp3) is 0.615. The first-order valence-corrected chi connectivity index (χ1v) is 7.17. The lowest BCUT2D eigenvalue weighted by Gasteiger charge is -2.19. The van der Waals surface area contributed by atoms with Crippen LogP contribution in [-0.4, -0.2) is 40.0 Å². The van der Waals surface area contributed by atoms with Gasteiger partial charge in [-0.25, -0.2) is 0 Å². The fourth-order valence-corrected chi connectivity index (χ4v) is 2.25. The molecule has 1 heterocycles. The maximum absolute atomic E-state index is 11.9. The minimum atomic E-state index is -0.646. The first kappa shape index (κ1) is 20.8. The van der Waals surface area contributed by atoms with Crippen LogP contribution in [0, 0.1) is 16.0 Å². The molecule has 0 saturated carbocycles. The molecule has 1 aromatic heterocycles. The van der Waals surface area contributed by atoms with Gasteiger partial charge in [-0.3, -0.25) is 19.6 Å². The van der Waals surface area contributed by atoms with Gasteiger partial charge in [0.15, 0.2) is 0 Å². The molecule has 0 amide bonds. The Kier molecular flexibility index (Phi) is 9.45. The van der Waals surface area contributed by atoms with Crippen LogP contribution in [0.2, 0.25) is 5.15 Å². The van der Waals surface area contributed by atoms with Crippen molar-refractivity contribution in [2.45, 2.75) is 26.2 Å². The van der Waals surface area contributed by atoms with Crippen LogP contribution in [0.1, 0.15) is 31.9 Å². The number of nitrogens with zero attached hydrogens (tertiary/aromatic N) is 3. The molecule has 1 aromatic rings. The molecule has 0 N–H and O–H groups in total. The molecule has 0 aromatic carbocycles. The van der Waals surface area contributed by atoms with E-state index in [9.17, 15) is 14.9 Å². The highest BCUT2D eigenvalue weighted by atomic mass is 35.5. The summed E-state index contributed by atoms with van der Waals surface area (Å²) in [4.78, 5) is 38.6. The van der Waals surface area contributed by atoms with Crippen LogP contribution in [0.3, 0.4) is 0 Å². The molecule has 10 heteroatoms. The van der Waals surface area contributed by atoms with Gasteiger partial charge >= 0.3 is 12.1 Å². The summed E-state index contributed by atoms with van der Waals surface area (Å²) in [5.41, 5.74) is 0.439. The highest BCUT2D eigenvalue weighted by Crippen LogP contribution is 2.29. The lowest BCUT2D eigenvalue weighted by atomic mass is 9.87. The summed E-state index contributed by atoms with van der Waals surface area (Å²) in [6.07, 6.45) is 0.686. The summed E-state index contributed by atoms with van der Waals surface area (Å²) in [5, 5.41) is 15.4. The van der Waals surface area contributed by atoms with Crippen molar-refractivity contribution < 1.29 is 24.0 Å². The average molecular weight is 348 g/mol. The van der Waals surface area contributed by atoms with Crippen molar-refractivity contribution in [1.82, 2.24) is 9.78 Å². The number of esters is 1. The van der Waals surface area contributed by atoms with Crippen LogP contribution in [-0.2, 0) is 26.2 Å². The topological polar surface area (TPSA) is 121 Å². The fourth-order valence-electron chi connectivity index (χ4n) is 2.10. The summed E-state index contributed by atoms with van der Waals surface area (Å²) in [6.45, 7) is 3.35. The largest absolute Gasteiger partial charge is 0.466 e. The molecule has 0 aliphatic heterocycles. The van der Waals surface area contributed by atoms with Crippen LogP contribution >= 0.6 is 11.6 Å². The Bertz CT molecular complexity index is 549. The SMILES string of the molecule is CCOC(=O)C(CC)[C@H](C[N+](=O)[O-])c1cc(Cl)n(C)n1.O=C=O. The Morgan fingerprint density at radius 3 is 2.43 bits per heavy atom. The molecule has 0 radical (unpaired) electrons. The van der Waals surface area contributed by atoms with E-state index in [2.05, 4.69) is 5.10 Å². The molecule has 0 saturated heterocycles. The number of aryl methyl sites for hydroxylation is 1. The van der Waals surface area contributed by atoms with Gasteiger partial charge in [0.2, 0.25) is 6.54 Å². The van der Waals surface area contributed by atoms with Gasteiger partial charge in [-0.05, 0) is 19.4 Å². The molecule has 1 rings (SSSR count). The Balaban J connectivity index is 0.00000149. The standard InChI is InChI=1S/C12H18ClN3O4.CO2/c1-4-8(12(17)20-5-2)9(7-16(18)19)10-6-11(13)15(3)14-10;2-1-3/h6,8-9H,4-5,7H2,1-3H3;/t8?,9-;/m0./s1. The Morgan fingerprint density at radius 2 is 2.09 bits per heavy atom. The molecule has 128 valence electrons. The van der Waals surface area contributed by atoms with E-state index in [1.807, 2.05) is 0 Å². The van der Waals surface area contributed by atoms with Crippen LogP contribution in [0.5, 0.6) is 0 Å². The molecular formula is C13H18ClN3O6. The van der Waals surface area contributed by atoms with Crippen LogP contribution < -0.4 is 0 Å². The summed E-state index contributed by atoms with van der Waals surface area (Å²) in [6, 6.07) is 1.55. The van der Waals surface area contributed by atoms with Gasteiger partial charge in [0.25, 0.3) is 0 Å². The first-order valence-electron chi connectivity index (χ1n) is 6.79. The third-order valence-electron chi connectivity index (χ3n) is 3.08. The van der Waals surface area contributed by atoms with Gasteiger partial charge < -0.3 is 4.74 Å². The Morgan fingerprint density at radius 1 is 1.52 bits per heavy atom. The van der Waals surface area contributed by atoms with Crippen molar-refractivity contribution in [2.24, 2.45) is 13.0 Å². The molecular weight excluding hydrogens is 330 g/mol. The molecule has 1 unspecified atom stereocenters. The van der Waals surface area contributed by atoms with E-state index in [-0.39, 0.29) is 19.3 Å². The van der Waals surface area contributed by atoms with Crippen molar-refractivity contribution >= 4 is 23.7 Å². The number of hydrogen-bond donors (Lipinski definition) is 0. The highest BCUT2D eigenvalue weighted by molar-refractivity contribution is 6.29. The van der Waals surface area contributed by atoms with E-state index in [0.717, 1.165) is 0 Å². The molecule has 0 fully saturated rings. The summed E-state index contributed by atoms with van der Waals surface area (Å²) in [7, 11) is 1.64. The minimum absolute atomic E-state index is 0.240. The quantitative estimate of drug-likeness (QED) is 0.415. The van der Waals surface area contributed by atoms with Gasteiger partial charge in [-0.2, -0.15) is 14.7 Å². The third-order valence-corrected chi connectivity index (χ3v) is 3.44. The van der Waals surface area contributed by atoms with Gasteiger partial charge in [-0.15, -0.1) is 0 Å². The van der Waals surface area contributed by atoms with E-state index in [4.69, 9.17) is 25.9 Å². The molecule has 2 atom stereocenters.